The number of thioether (sulfide) groups is 1. The third-order valence-electron chi connectivity index (χ3n) is 4.65. The molecule has 0 atom stereocenters. The monoisotopic (exact) mass is 340 g/mol. The molecule has 2 aromatic rings. The van der Waals surface area contributed by atoms with Gasteiger partial charge in [0.1, 0.15) is 0 Å². The lowest BCUT2D eigenvalue weighted by atomic mass is 10.2. The maximum atomic E-state index is 2.61. The first-order valence-corrected chi connectivity index (χ1v) is 9.93. The Kier molecular flexibility index (Phi) is 6.22. The van der Waals surface area contributed by atoms with Gasteiger partial charge in [0.25, 0.3) is 0 Å². The number of benzene rings is 2. The SMILES string of the molecule is Cc1ccc(SCCCN2CCN(c3cccc(C)c3)CC2)cc1. The topological polar surface area (TPSA) is 6.48 Å². The van der Waals surface area contributed by atoms with Crippen LogP contribution < -0.4 is 4.90 Å². The van der Waals surface area contributed by atoms with E-state index < -0.39 is 0 Å². The Morgan fingerprint density at radius 1 is 0.875 bits per heavy atom. The van der Waals surface area contributed by atoms with Crippen molar-refractivity contribution in [2.45, 2.75) is 25.2 Å². The van der Waals surface area contributed by atoms with Crippen molar-refractivity contribution in [3.05, 3.63) is 59.7 Å². The third-order valence-corrected chi connectivity index (χ3v) is 5.75. The van der Waals surface area contributed by atoms with Crippen molar-refractivity contribution in [2.24, 2.45) is 0 Å². The highest BCUT2D eigenvalue weighted by Crippen LogP contribution is 2.20. The van der Waals surface area contributed by atoms with Gasteiger partial charge in [0, 0.05) is 36.8 Å². The van der Waals surface area contributed by atoms with Crippen molar-refractivity contribution in [1.82, 2.24) is 4.90 Å². The van der Waals surface area contributed by atoms with E-state index in [1.54, 1.807) is 0 Å². The van der Waals surface area contributed by atoms with Gasteiger partial charge in [-0.25, -0.2) is 0 Å². The molecule has 0 aromatic heterocycles. The molecule has 3 heteroatoms. The normalized spacial score (nSPS) is 15.7. The molecule has 0 amide bonds. The van der Waals surface area contributed by atoms with E-state index in [0.717, 1.165) is 13.1 Å². The number of hydrogen-bond donors (Lipinski definition) is 0. The number of nitrogens with zero attached hydrogens (tertiary/aromatic N) is 2. The second-order valence-electron chi connectivity index (χ2n) is 6.68. The number of hydrogen-bond acceptors (Lipinski definition) is 3. The summed E-state index contributed by atoms with van der Waals surface area (Å²) in [4.78, 5) is 6.52. The highest BCUT2D eigenvalue weighted by atomic mass is 32.2. The number of anilines is 1. The van der Waals surface area contributed by atoms with Crippen LogP contribution in [0.4, 0.5) is 5.69 Å². The predicted molar refractivity (Wildman–Crippen MR) is 106 cm³/mol. The Morgan fingerprint density at radius 3 is 2.33 bits per heavy atom. The Balaban J connectivity index is 1.36. The zero-order valence-electron chi connectivity index (χ0n) is 14.9. The Hall–Kier alpha value is -1.45. The summed E-state index contributed by atoms with van der Waals surface area (Å²) >= 11 is 1.98. The summed E-state index contributed by atoms with van der Waals surface area (Å²) in [6.07, 6.45) is 1.27. The van der Waals surface area contributed by atoms with Crippen molar-refractivity contribution in [3.63, 3.8) is 0 Å². The Morgan fingerprint density at radius 2 is 1.62 bits per heavy atom. The molecule has 24 heavy (non-hydrogen) atoms. The van der Waals surface area contributed by atoms with Gasteiger partial charge in [0.05, 0.1) is 0 Å². The minimum absolute atomic E-state index is 1.15. The first-order valence-electron chi connectivity index (χ1n) is 8.94. The fourth-order valence-electron chi connectivity index (χ4n) is 3.17. The predicted octanol–water partition coefficient (Wildman–Crippen LogP) is 4.61. The summed E-state index contributed by atoms with van der Waals surface area (Å²) < 4.78 is 0. The quantitative estimate of drug-likeness (QED) is 0.560. The zero-order valence-corrected chi connectivity index (χ0v) is 15.7. The molecular formula is C21H28N2S. The molecular weight excluding hydrogens is 312 g/mol. The van der Waals surface area contributed by atoms with E-state index >= 15 is 0 Å². The summed E-state index contributed by atoms with van der Waals surface area (Å²) in [5, 5.41) is 0. The summed E-state index contributed by atoms with van der Waals surface area (Å²) in [6, 6.07) is 17.8. The average molecular weight is 341 g/mol. The molecule has 1 saturated heterocycles. The zero-order chi connectivity index (χ0) is 16.8. The fraction of sp³-hybridized carbons (Fsp3) is 0.429. The summed E-state index contributed by atoms with van der Waals surface area (Å²) in [5.74, 6) is 1.21. The van der Waals surface area contributed by atoms with Crippen LogP contribution in [0.1, 0.15) is 17.5 Å². The first kappa shape index (κ1) is 17.4. The summed E-state index contributed by atoms with van der Waals surface area (Å²) in [7, 11) is 0. The minimum Gasteiger partial charge on any atom is -0.369 e. The molecule has 1 fully saturated rings. The summed E-state index contributed by atoms with van der Waals surface area (Å²) in [5.41, 5.74) is 4.07. The smallest absolute Gasteiger partial charge is 0.0369 e. The summed E-state index contributed by atoms with van der Waals surface area (Å²) in [6.45, 7) is 10.2. The minimum atomic E-state index is 1.15. The fourth-order valence-corrected chi connectivity index (χ4v) is 4.00. The van der Waals surface area contributed by atoms with Crippen LogP contribution in [0, 0.1) is 13.8 Å². The lowest BCUT2D eigenvalue weighted by Crippen LogP contribution is -2.46. The largest absolute Gasteiger partial charge is 0.369 e. The van der Waals surface area contributed by atoms with E-state index in [1.165, 1.54) is 53.5 Å². The van der Waals surface area contributed by atoms with Gasteiger partial charge in [-0.1, -0.05) is 29.8 Å². The number of rotatable bonds is 6. The lowest BCUT2D eigenvalue weighted by Gasteiger charge is -2.36. The average Bonchev–Trinajstić information content (AvgIpc) is 2.61. The van der Waals surface area contributed by atoms with Crippen LogP contribution >= 0.6 is 11.8 Å². The van der Waals surface area contributed by atoms with Crippen LogP contribution in [0.3, 0.4) is 0 Å². The first-order chi connectivity index (χ1) is 11.7. The van der Waals surface area contributed by atoms with Crippen LogP contribution in [0.2, 0.25) is 0 Å². The highest BCUT2D eigenvalue weighted by Gasteiger charge is 2.16. The van der Waals surface area contributed by atoms with Crippen molar-refractivity contribution in [2.75, 3.05) is 43.4 Å². The van der Waals surface area contributed by atoms with Gasteiger partial charge in [-0.3, -0.25) is 4.90 Å². The molecule has 1 aliphatic rings. The molecule has 0 aliphatic carbocycles. The molecule has 2 nitrogen and oxygen atoms in total. The molecule has 2 aromatic carbocycles. The molecule has 0 radical (unpaired) electrons. The highest BCUT2D eigenvalue weighted by molar-refractivity contribution is 7.99. The standard InChI is InChI=1S/C21H28N2S/c1-18-7-9-21(10-8-18)24-16-4-11-22-12-14-23(15-13-22)20-6-3-5-19(2)17-20/h3,5-10,17H,4,11-16H2,1-2H3. The van der Waals surface area contributed by atoms with Gasteiger partial charge < -0.3 is 4.90 Å². The van der Waals surface area contributed by atoms with Gasteiger partial charge in [0.15, 0.2) is 0 Å². The molecule has 1 heterocycles. The van der Waals surface area contributed by atoms with Crippen LogP contribution in [-0.2, 0) is 0 Å². The van der Waals surface area contributed by atoms with E-state index in [2.05, 4.69) is 72.2 Å². The Bertz CT molecular complexity index is 631. The van der Waals surface area contributed by atoms with Gasteiger partial charge >= 0.3 is 0 Å². The van der Waals surface area contributed by atoms with Gasteiger partial charge in [0.2, 0.25) is 0 Å². The molecule has 0 spiro atoms. The number of aryl methyl sites for hydroxylation is 2. The van der Waals surface area contributed by atoms with Crippen molar-refractivity contribution >= 4 is 17.4 Å². The number of piperazine rings is 1. The van der Waals surface area contributed by atoms with E-state index in [9.17, 15) is 0 Å². The van der Waals surface area contributed by atoms with Gasteiger partial charge in [-0.2, -0.15) is 0 Å². The van der Waals surface area contributed by atoms with E-state index in [1.807, 2.05) is 11.8 Å². The van der Waals surface area contributed by atoms with Crippen molar-refractivity contribution in [1.29, 1.82) is 0 Å². The van der Waals surface area contributed by atoms with E-state index in [0.29, 0.717) is 0 Å². The lowest BCUT2D eigenvalue weighted by molar-refractivity contribution is 0.259. The van der Waals surface area contributed by atoms with Crippen molar-refractivity contribution < 1.29 is 0 Å². The molecule has 0 unspecified atom stereocenters. The maximum absolute atomic E-state index is 2.61. The maximum Gasteiger partial charge on any atom is 0.0369 e. The van der Waals surface area contributed by atoms with Crippen molar-refractivity contribution in [3.8, 4) is 0 Å². The van der Waals surface area contributed by atoms with Crippen LogP contribution in [0.5, 0.6) is 0 Å². The van der Waals surface area contributed by atoms with Gasteiger partial charge in [-0.05, 0) is 62.4 Å². The van der Waals surface area contributed by atoms with E-state index in [-0.39, 0.29) is 0 Å². The molecule has 128 valence electrons. The van der Waals surface area contributed by atoms with E-state index in [4.69, 9.17) is 0 Å². The second-order valence-corrected chi connectivity index (χ2v) is 7.85. The van der Waals surface area contributed by atoms with Gasteiger partial charge in [-0.15, -0.1) is 11.8 Å². The van der Waals surface area contributed by atoms with Crippen LogP contribution in [0.25, 0.3) is 0 Å². The second kappa shape index (κ2) is 8.59. The van der Waals surface area contributed by atoms with Crippen LogP contribution in [0.15, 0.2) is 53.4 Å². The molecule has 0 saturated carbocycles. The Labute approximate surface area is 150 Å². The molecule has 0 bridgehead atoms. The molecule has 3 rings (SSSR count). The molecule has 1 aliphatic heterocycles. The third kappa shape index (κ3) is 5.02. The van der Waals surface area contributed by atoms with Crippen LogP contribution in [-0.4, -0.2) is 43.4 Å². The molecule has 0 N–H and O–H groups in total.